The number of carboxylic acid groups (broad SMARTS) is 1. The maximum absolute atomic E-state index is 12.6. The molecule has 11 heteroatoms. The van der Waals surface area contributed by atoms with Gasteiger partial charge in [-0.05, 0) is 84.6 Å². The first-order valence-corrected chi connectivity index (χ1v) is 15.0. The van der Waals surface area contributed by atoms with Gasteiger partial charge in [0.25, 0.3) is 0 Å². The summed E-state index contributed by atoms with van der Waals surface area (Å²) in [5.74, 6) is 0.582. The van der Waals surface area contributed by atoms with Crippen molar-refractivity contribution in [3.8, 4) is 5.75 Å². The van der Waals surface area contributed by atoms with Gasteiger partial charge < -0.3 is 40.5 Å². The molecule has 2 aromatic rings. The molecular weight excluding hydrogens is 566 g/mol. The molecular formula is C33H51N3O8. The molecule has 1 unspecified atom stereocenters. The Morgan fingerprint density at radius 3 is 1.93 bits per heavy atom. The highest BCUT2D eigenvalue weighted by Crippen LogP contribution is 2.23. The minimum absolute atomic E-state index is 0.00287. The average molecular weight is 618 g/mol. The van der Waals surface area contributed by atoms with Gasteiger partial charge in [0.15, 0.2) is 0 Å². The molecule has 2 rings (SSSR count). The molecule has 0 radical (unpaired) electrons. The predicted molar refractivity (Wildman–Crippen MR) is 169 cm³/mol. The van der Waals surface area contributed by atoms with Gasteiger partial charge in [0, 0.05) is 18.6 Å². The summed E-state index contributed by atoms with van der Waals surface area (Å²) in [6, 6.07) is 15.0. The van der Waals surface area contributed by atoms with E-state index in [4.69, 9.17) is 9.47 Å². The molecule has 0 aliphatic rings. The lowest BCUT2D eigenvalue weighted by Gasteiger charge is -2.42. The lowest BCUT2D eigenvalue weighted by atomic mass is 9.94. The van der Waals surface area contributed by atoms with Crippen LogP contribution in [0.3, 0.4) is 0 Å². The number of nitrogens with zero attached hydrogens (tertiary/aromatic N) is 1. The van der Waals surface area contributed by atoms with Gasteiger partial charge in [-0.15, -0.1) is 0 Å². The van der Waals surface area contributed by atoms with Crippen LogP contribution in [0.4, 0.5) is 9.59 Å². The van der Waals surface area contributed by atoms with E-state index >= 15 is 0 Å². The van der Waals surface area contributed by atoms with Gasteiger partial charge in [-0.3, -0.25) is 4.90 Å². The molecule has 0 saturated carbocycles. The van der Waals surface area contributed by atoms with Crippen molar-refractivity contribution in [3.05, 3.63) is 65.7 Å². The molecule has 0 saturated heterocycles. The average Bonchev–Trinajstić information content (AvgIpc) is 2.90. The number of aliphatic hydroxyl groups is 3. The summed E-state index contributed by atoms with van der Waals surface area (Å²) in [5, 5.41) is 47.7. The molecule has 0 heterocycles. The third-order valence-electron chi connectivity index (χ3n) is 6.74. The lowest BCUT2D eigenvalue weighted by molar-refractivity contribution is 0.00615. The Balaban J connectivity index is 2.15. The first kappa shape index (κ1) is 36.8. The van der Waals surface area contributed by atoms with E-state index in [-0.39, 0.29) is 26.1 Å². The molecule has 6 N–H and O–H groups in total. The fourth-order valence-corrected chi connectivity index (χ4v) is 4.77. The van der Waals surface area contributed by atoms with Crippen LogP contribution in [0.15, 0.2) is 54.6 Å². The number of carbonyl (C=O) groups excluding carboxylic acids is 1. The number of rotatable bonds is 15. The summed E-state index contributed by atoms with van der Waals surface area (Å²) in [7, 11) is 0. The quantitative estimate of drug-likeness (QED) is 0.176. The van der Waals surface area contributed by atoms with E-state index < -0.39 is 53.7 Å². The first-order valence-electron chi connectivity index (χ1n) is 15.0. The molecule has 0 aliphatic carbocycles. The molecule has 2 amide bonds. The summed E-state index contributed by atoms with van der Waals surface area (Å²) in [5.41, 5.74) is 0.197. The van der Waals surface area contributed by atoms with Crippen LogP contribution in [0.5, 0.6) is 5.75 Å². The predicted octanol–water partition coefficient (Wildman–Crippen LogP) is 3.58. The van der Waals surface area contributed by atoms with Gasteiger partial charge in [0.05, 0.1) is 30.4 Å². The molecule has 11 nitrogen and oxygen atoms in total. The summed E-state index contributed by atoms with van der Waals surface area (Å²) < 4.78 is 10.9. The Bertz CT molecular complexity index is 1150. The fourth-order valence-electron chi connectivity index (χ4n) is 4.77. The first-order chi connectivity index (χ1) is 20.5. The second-order valence-electron chi connectivity index (χ2n) is 13.1. The van der Waals surface area contributed by atoms with Gasteiger partial charge in [0.1, 0.15) is 18.0 Å². The van der Waals surface area contributed by atoms with Crippen molar-refractivity contribution in [1.29, 1.82) is 0 Å². The second-order valence-corrected chi connectivity index (χ2v) is 13.1. The fraction of sp³-hybridized carbons (Fsp3) is 0.576. The molecule has 5 atom stereocenters. The van der Waals surface area contributed by atoms with Gasteiger partial charge in [0.2, 0.25) is 0 Å². The van der Waals surface area contributed by atoms with Crippen molar-refractivity contribution in [1.82, 2.24) is 15.5 Å². The van der Waals surface area contributed by atoms with Gasteiger partial charge in [-0.25, -0.2) is 9.59 Å². The van der Waals surface area contributed by atoms with E-state index in [2.05, 4.69) is 10.6 Å². The van der Waals surface area contributed by atoms with E-state index in [9.17, 15) is 30.0 Å². The van der Waals surface area contributed by atoms with Crippen LogP contribution in [0, 0.1) is 0 Å². The molecule has 0 bridgehead atoms. The molecule has 44 heavy (non-hydrogen) atoms. The zero-order chi connectivity index (χ0) is 33.1. The minimum atomic E-state index is -1.14. The highest BCUT2D eigenvalue weighted by Gasteiger charge is 2.37. The van der Waals surface area contributed by atoms with Crippen LogP contribution in [0.25, 0.3) is 0 Å². The van der Waals surface area contributed by atoms with Crippen molar-refractivity contribution in [2.24, 2.45) is 0 Å². The third kappa shape index (κ3) is 13.1. The molecule has 0 spiro atoms. The summed E-state index contributed by atoms with van der Waals surface area (Å²) >= 11 is 0. The summed E-state index contributed by atoms with van der Waals surface area (Å²) in [4.78, 5) is 26.2. The SMILES string of the molecule is CC(O)COc1ccc(C[C@@H](NC(=O)OC(C)(C)C)[C@@H](O)CNC[C@@H](O)[C@H](Cc2ccccc2)N(C(=O)O)C(C)(C)C)cc1. The highest BCUT2D eigenvalue weighted by atomic mass is 16.6. The monoisotopic (exact) mass is 617 g/mol. The van der Waals surface area contributed by atoms with Crippen LogP contribution >= 0.6 is 0 Å². The molecule has 0 aromatic heterocycles. The third-order valence-corrected chi connectivity index (χ3v) is 6.74. The number of aliphatic hydroxyl groups excluding tert-OH is 3. The number of carbonyl (C=O) groups is 2. The van der Waals surface area contributed by atoms with Gasteiger partial charge in [-0.1, -0.05) is 42.5 Å². The molecule has 0 aliphatic heterocycles. The second kappa shape index (κ2) is 16.6. The van der Waals surface area contributed by atoms with E-state index in [0.717, 1.165) is 11.1 Å². The Hall–Kier alpha value is -3.38. The zero-order valence-electron chi connectivity index (χ0n) is 27.0. The van der Waals surface area contributed by atoms with Crippen molar-refractivity contribution < 1.29 is 39.5 Å². The molecule has 0 fully saturated rings. The van der Waals surface area contributed by atoms with E-state index in [0.29, 0.717) is 12.2 Å². The van der Waals surface area contributed by atoms with Crippen molar-refractivity contribution in [3.63, 3.8) is 0 Å². The number of hydrogen-bond acceptors (Lipinski definition) is 8. The Kier molecular flexibility index (Phi) is 13.9. The summed E-state index contributed by atoms with van der Waals surface area (Å²) in [6.07, 6.45) is -4.02. The van der Waals surface area contributed by atoms with Crippen molar-refractivity contribution >= 4 is 12.2 Å². The largest absolute Gasteiger partial charge is 0.491 e. The topological polar surface area (TPSA) is 161 Å². The summed E-state index contributed by atoms with van der Waals surface area (Å²) in [6.45, 7) is 12.4. The Morgan fingerprint density at radius 2 is 1.41 bits per heavy atom. The van der Waals surface area contributed by atoms with Gasteiger partial charge >= 0.3 is 12.2 Å². The van der Waals surface area contributed by atoms with E-state index in [1.165, 1.54) is 4.90 Å². The maximum Gasteiger partial charge on any atom is 0.408 e. The number of hydrogen-bond donors (Lipinski definition) is 6. The Labute approximate surface area is 261 Å². The van der Waals surface area contributed by atoms with Crippen molar-refractivity contribution in [2.45, 2.75) is 103 Å². The maximum atomic E-state index is 12.6. The number of benzene rings is 2. The molecule has 246 valence electrons. The van der Waals surface area contributed by atoms with Crippen LogP contribution in [-0.4, -0.2) is 98.7 Å². The zero-order valence-corrected chi connectivity index (χ0v) is 27.0. The van der Waals surface area contributed by atoms with Crippen LogP contribution in [0.2, 0.25) is 0 Å². The van der Waals surface area contributed by atoms with Gasteiger partial charge in [-0.2, -0.15) is 0 Å². The number of amides is 2. The van der Waals surface area contributed by atoms with Crippen LogP contribution in [-0.2, 0) is 17.6 Å². The van der Waals surface area contributed by atoms with Crippen molar-refractivity contribution in [2.75, 3.05) is 19.7 Å². The number of ether oxygens (including phenoxy) is 2. The smallest absolute Gasteiger partial charge is 0.408 e. The Morgan fingerprint density at radius 1 is 0.841 bits per heavy atom. The van der Waals surface area contributed by atoms with E-state index in [1.807, 2.05) is 42.5 Å². The van der Waals surface area contributed by atoms with Crippen LogP contribution < -0.4 is 15.4 Å². The standard InChI is InChI=1S/C33H51N3O8/c1-22(37)21-43-25-15-13-24(14-16-25)17-26(35-30(40)44-33(5,6)7)28(38)19-34-20-29(39)27(18-23-11-9-8-10-12-23)36(31(41)42)32(2,3)4/h8-16,22,26-29,34,37-39H,17-21H2,1-7H3,(H,35,40)(H,41,42)/t22?,26-,27+,28+,29-/m1/s1. The lowest BCUT2D eigenvalue weighted by Crippen LogP contribution is -2.58. The normalized spacial score (nSPS) is 15.4. The highest BCUT2D eigenvalue weighted by molar-refractivity contribution is 5.68. The molecule has 2 aromatic carbocycles. The minimum Gasteiger partial charge on any atom is -0.491 e. The van der Waals surface area contributed by atoms with Crippen LogP contribution in [0.1, 0.15) is 59.6 Å². The van der Waals surface area contributed by atoms with E-state index in [1.54, 1.807) is 60.6 Å². The number of nitrogens with one attached hydrogen (secondary N) is 2. The number of alkyl carbamates (subject to hydrolysis) is 1.